The summed E-state index contributed by atoms with van der Waals surface area (Å²) < 4.78 is 1.08. The van der Waals surface area contributed by atoms with Crippen molar-refractivity contribution in [2.24, 2.45) is 0 Å². The zero-order valence-corrected chi connectivity index (χ0v) is 13.8. The molecule has 0 fully saturated rings. The van der Waals surface area contributed by atoms with Crippen LogP contribution < -0.4 is 5.32 Å². The summed E-state index contributed by atoms with van der Waals surface area (Å²) in [6, 6.07) is 12.6. The highest BCUT2D eigenvalue weighted by atomic mass is 35.5. The quantitative estimate of drug-likeness (QED) is 0.705. The average Bonchev–Trinajstić information content (AvgIpc) is 2.91. The fraction of sp³-hybridized carbons (Fsp3) is 0.176. The van der Waals surface area contributed by atoms with Gasteiger partial charge in [0.25, 0.3) is 5.91 Å². The van der Waals surface area contributed by atoms with E-state index < -0.39 is 0 Å². The Morgan fingerprint density at radius 1 is 1.18 bits per heavy atom. The molecule has 2 aromatic carbocycles. The molecule has 1 N–H and O–H groups in total. The van der Waals surface area contributed by atoms with Crippen LogP contribution in [0.1, 0.15) is 35.1 Å². The summed E-state index contributed by atoms with van der Waals surface area (Å²) in [6.45, 7) is 4.25. The standard InChI is InChI=1S/C17H15ClN2OS/c1-10(2)17-20-14-8-7-13(9-15(14)22-17)19-16(21)11-3-5-12(18)6-4-11/h3-10H,1-2H3,(H,19,21). The van der Waals surface area contributed by atoms with Gasteiger partial charge in [0.05, 0.1) is 15.2 Å². The number of thiazole rings is 1. The molecule has 0 aliphatic rings. The molecule has 0 bridgehead atoms. The smallest absolute Gasteiger partial charge is 0.255 e. The van der Waals surface area contributed by atoms with E-state index in [4.69, 9.17) is 11.6 Å². The van der Waals surface area contributed by atoms with E-state index in [1.54, 1.807) is 35.6 Å². The van der Waals surface area contributed by atoms with Crippen molar-refractivity contribution in [2.45, 2.75) is 19.8 Å². The first-order valence-corrected chi connectivity index (χ1v) is 8.20. The van der Waals surface area contributed by atoms with E-state index in [-0.39, 0.29) is 5.91 Å². The largest absolute Gasteiger partial charge is 0.322 e. The summed E-state index contributed by atoms with van der Waals surface area (Å²) in [7, 11) is 0. The first-order chi connectivity index (χ1) is 10.5. The van der Waals surface area contributed by atoms with Crippen molar-refractivity contribution >= 4 is 44.7 Å². The summed E-state index contributed by atoms with van der Waals surface area (Å²) in [4.78, 5) is 16.8. The van der Waals surface area contributed by atoms with Crippen molar-refractivity contribution in [3.63, 3.8) is 0 Å². The molecule has 3 aromatic rings. The van der Waals surface area contributed by atoms with Gasteiger partial charge in [-0.05, 0) is 42.5 Å². The van der Waals surface area contributed by atoms with Crippen LogP contribution in [0, 0.1) is 0 Å². The Morgan fingerprint density at radius 2 is 1.91 bits per heavy atom. The molecule has 0 saturated carbocycles. The van der Waals surface area contributed by atoms with E-state index in [0.29, 0.717) is 16.5 Å². The van der Waals surface area contributed by atoms with Crippen LogP contribution in [0.4, 0.5) is 5.69 Å². The molecule has 0 aliphatic heterocycles. The summed E-state index contributed by atoms with van der Waals surface area (Å²) in [5.41, 5.74) is 2.32. The van der Waals surface area contributed by atoms with Gasteiger partial charge in [-0.3, -0.25) is 4.79 Å². The zero-order chi connectivity index (χ0) is 15.7. The van der Waals surface area contributed by atoms with Gasteiger partial charge < -0.3 is 5.32 Å². The number of anilines is 1. The highest BCUT2D eigenvalue weighted by molar-refractivity contribution is 7.18. The number of fused-ring (bicyclic) bond motifs is 1. The van der Waals surface area contributed by atoms with Crippen LogP contribution in [-0.4, -0.2) is 10.9 Å². The zero-order valence-electron chi connectivity index (χ0n) is 12.3. The van der Waals surface area contributed by atoms with Crippen LogP contribution in [-0.2, 0) is 0 Å². The molecule has 0 saturated heterocycles. The van der Waals surface area contributed by atoms with Gasteiger partial charge >= 0.3 is 0 Å². The van der Waals surface area contributed by atoms with Crippen LogP contribution in [0.2, 0.25) is 5.02 Å². The van der Waals surface area contributed by atoms with E-state index in [0.717, 1.165) is 20.9 Å². The fourth-order valence-electron chi connectivity index (χ4n) is 2.07. The maximum Gasteiger partial charge on any atom is 0.255 e. The number of halogens is 1. The van der Waals surface area contributed by atoms with Crippen LogP contribution >= 0.6 is 22.9 Å². The van der Waals surface area contributed by atoms with Gasteiger partial charge in [0.2, 0.25) is 0 Å². The molecule has 1 aromatic heterocycles. The van der Waals surface area contributed by atoms with Crippen molar-refractivity contribution in [3.05, 3.63) is 58.1 Å². The minimum absolute atomic E-state index is 0.149. The Kier molecular flexibility index (Phi) is 4.14. The number of carbonyl (C=O) groups is 1. The fourth-order valence-corrected chi connectivity index (χ4v) is 3.21. The van der Waals surface area contributed by atoms with E-state index in [1.165, 1.54) is 0 Å². The third-order valence-corrected chi connectivity index (χ3v) is 4.83. The number of hydrogen-bond acceptors (Lipinski definition) is 3. The molecule has 0 aliphatic carbocycles. The van der Waals surface area contributed by atoms with Crippen molar-refractivity contribution in [1.82, 2.24) is 4.98 Å². The Morgan fingerprint density at radius 3 is 2.59 bits per heavy atom. The number of hydrogen-bond donors (Lipinski definition) is 1. The second-order valence-electron chi connectivity index (χ2n) is 5.35. The Bertz CT molecular complexity index is 824. The normalized spacial score (nSPS) is 11.1. The molecular weight excluding hydrogens is 316 g/mol. The minimum atomic E-state index is -0.149. The van der Waals surface area contributed by atoms with E-state index >= 15 is 0 Å². The third-order valence-electron chi connectivity index (χ3n) is 3.26. The predicted octanol–water partition coefficient (Wildman–Crippen LogP) is 5.33. The molecule has 3 nitrogen and oxygen atoms in total. The molecule has 0 atom stereocenters. The van der Waals surface area contributed by atoms with Crippen molar-refractivity contribution in [2.75, 3.05) is 5.32 Å². The predicted molar refractivity (Wildman–Crippen MR) is 93.1 cm³/mol. The number of nitrogens with zero attached hydrogens (tertiary/aromatic N) is 1. The summed E-state index contributed by atoms with van der Waals surface area (Å²) >= 11 is 7.50. The number of nitrogens with one attached hydrogen (secondary N) is 1. The lowest BCUT2D eigenvalue weighted by Crippen LogP contribution is -2.11. The highest BCUT2D eigenvalue weighted by Gasteiger charge is 2.10. The number of carbonyl (C=O) groups excluding carboxylic acids is 1. The molecule has 0 spiro atoms. The minimum Gasteiger partial charge on any atom is -0.322 e. The van der Waals surface area contributed by atoms with Crippen LogP contribution in [0.25, 0.3) is 10.2 Å². The number of benzene rings is 2. The lowest BCUT2D eigenvalue weighted by molar-refractivity contribution is 0.102. The van der Waals surface area contributed by atoms with Gasteiger partial charge in [-0.2, -0.15) is 0 Å². The number of rotatable bonds is 3. The Labute approximate surface area is 138 Å². The maximum atomic E-state index is 12.2. The van der Waals surface area contributed by atoms with Gasteiger partial charge in [-0.15, -0.1) is 11.3 Å². The summed E-state index contributed by atoms with van der Waals surface area (Å²) in [5.74, 6) is 0.258. The van der Waals surface area contributed by atoms with E-state index in [9.17, 15) is 4.79 Å². The molecule has 112 valence electrons. The second-order valence-corrected chi connectivity index (χ2v) is 6.85. The molecule has 5 heteroatoms. The van der Waals surface area contributed by atoms with Crippen LogP contribution in [0.15, 0.2) is 42.5 Å². The molecule has 1 heterocycles. The molecule has 1 amide bonds. The Hall–Kier alpha value is -1.91. The maximum absolute atomic E-state index is 12.2. The van der Waals surface area contributed by atoms with Gasteiger partial charge in [-0.25, -0.2) is 4.98 Å². The van der Waals surface area contributed by atoms with Crippen molar-refractivity contribution in [3.8, 4) is 0 Å². The SMILES string of the molecule is CC(C)c1nc2ccc(NC(=O)c3ccc(Cl)cc3)cc2s1. The second kappa shape index (κ2) is 6.07. The summed E-state index contributed by atoms with van der Waals surface area (Å²) in [6.07, 6.45) is 0. The first kappa shape index (κ1) is 15.0. The molecule has 0 radical (unpaired) electrons. The monoisotopic (exact) mass is 330 g/mol. The van der Waals surface area contributed by atoms with Gasteiger partial charge in [0.1, 0.15) is 0 Å². The molecule has 22 heavy (non-hydrogen) atoms. The molecular formula is C17H15ClN2OS. The summed E-state index contributed by atoms with van der Waals surface area (Å²) in [5, 5.41) is 4.63. The topological polar surface area (TPSA) is 42.0 Å². The number of aromatic nitrogens is 1. The first-order valence-electron chi connectivity index (χ1n) is 7.00. The third kappa shape index (κ3) is 3.13. The number of amides is 1. The molecule has 3 rings (SSSR count). The van der Waals surface area contributed by atoms with Crippen LogP contribution in [0.5, 0.6) is 0 Å². The highest BCUT2D eigenvalue weighted by Crippen LogP contribution is 2.29. The van der Waals surface area contributed by atoms with E-state index in [2.05, 4.69) is 24.1 Å². The average molecular weight is 331 g/mol. The van der Waals surface area contributed by atoms with Crippen molar-refractivity contribution < 1.29 is 4.79 Å². The molecule has 0 unspecified atom stereocenters. The van der Waals surface area contributed by atoms with E-state index in [1.807, 2.05) is 18.2 Å². The van der Waals surface area contributed by atoms with Gasteiger partial charge in [0, 0.05) is 22.2 Å². The lowest BCUT2D eigenvalue weighted by atomic mass is 10.2. The Balaban J connectivity index is 1.84. The van der Waals surface area contributed by atoms with Gasteiger partial charge in [-0.1, -0.05) is 25.4 Å². The van der Waals surface area contributed by atoms with Crippen LogP contribution in [0.3, 0.4) is 0 Å². The van der Waals surface area contributed by atoms with Gasteiger partial charge in [0.15, 0.2) is 0 Å². The van der Waals surface area contributed by atoms with Crippen molar-refractivity contribution in [1.29, 1.82) is 0 Å². The lowest BCUT2D eigenvalue weighted by Gasteiger charge is -2.05.